The van der Waals surface area contributed by atoms with Gasteiger partial charge in [0.15, 0.2) is 0 Å². The van der Waals surface area contributed by atoms with E-state index in [1.54, 1.807) is 0 Å². The van der Waals surface area contributed by atoms with E-state index in [0.29, 0.717) is 6.42 Å². The minimum atomic E-state index is -0.626. The first-order valence-corrected chi connectivity index (χ1v) is 7.58. The van der Waals surface area contributed by atoms with E-state index in [4.69, 9.17) is 4.74 Å². The maximum Gasteiger partial charge on any atom is 0.328 e. The molecule has 120 valence electrons. The number of nitrogens with one attached hydrogen (secondary N) is 1. The normalized spacial score (nSPS) is 13.3. The van der Waals surface area contributed by atoms with Gasteiger partial charge in [-0.3, -0.25) is 4.79 Å². The molecule has 0 fully saturated rings. The van der Waals surface area contributed by atoms with Gasteiger partial charge in [-0.15, -0.1) is 0 Å². The van der Waals surface area contributed by atoms with Crippen LogP contribution in [0.1, 0.15) is 38.7 Å². The zero-order chi connectivity index (χ0) is 16.5. The summed E-state index contributed by atoms with van der Waals surface area (Å²) in [6.07, 6.45) is 2.06. The lowest BCUT2D eigenvalue weighted by Gasteiger charge is -2.21. The minimum absolute atomic E-state index is 0.150. The first kappa shape index (κ1) is 18.0. The van der Waals surface area contributed by atoms with Crippen LogP contribution in [0.25, 0.3) is 0 Å². The number of hydrogen-bond acceptors (Lipinski definition) is 3. The van der Waals surface area contributed by atoms with Crippen molar-refractivity contribution in [3.63, 3.8) is 0 Å². The molecule has 4 heteroatoms. The van der Waals surface area contributed by atoms with Crippen LogP contribution in [0.2, 0.25) is 0 Å². The molecule has 0 bridgehead atoms. The van der Waals surface area contributed by atoms with Gasteiger partial charge in [-0.1, -0.05) is 56.8 Å². The highest BCUT2D eigenvalue weighted by atomic mass is 16.5. The van der Waals surface area contributed by atoms with Crippen LogP contribution in [0.15, 0.2) is 43.0 Å². The van der Waals surface area contributed by atoms with Gasteiger partial charge in [0.2, 0.25) is 5.91 Å². The molecule has 1 aromatic carbocycles. The third kappa shape index (κ3) is 5.72. The van der Waals surface area contributed by atoms with Crippen LogP contribution in [0.3, 0.4) is 0 Å². The molecular weight excluding hydrogens is 278 g/mol. The van der Waals surface area contributed by atoms with Crippen molar-refractivity contribution in [2.45, 2.75) is 39.2 Å². The van der Waals surface area contributed by atoms with Gasteiger partial charge in [-0.25, -0.2) is 4.79 Å². The van der Waals surface area contributed by atoms with Crippen LogP contribution in [0, 0.1) is 5.92 Å². The highest BCUT2D eigenvalue weighted by molar-refractivity contribution is 5.88. The number of amides is 1. The zero-order valence-corrected chi connectivity index (χ0v) is 13.5. The molecule has 0 saturated heterocycles. The zero-order valence-electron chi connectivity index (χ0n) is 13.5. The van der Waals surface area contributed by atoms with Crippen LogP contribution < -0.4 is 5.32 Å². The van der Waals surface area contributed by atoms with Crippen LogP contribution in [-0.4, -0.2) is 24.5 Å². The lowest BCUT2D eigenvalue weighted by molar-refractivity contribution is -0.147. The fraction of sp³-hybridized carbons (Fsp3) is 0.444. The summed E-state index contributed by atoms with van der Waals surface area (Å²) in [4.78, 5) is 24.4. The lowest BCUT2D eigenvalue weighted by atomic mass is 9.98. The number of esters is 1. The van der Waals surface area contributed by atoms with Crippen molar-refractivity contribution in [3.8, 4) is 0 Å². The molecule has 0 aliphatic carbocycles. The van der Waals surface area contributed by atoms with Gasteiger partial charge >= 0.3 is 5.97 Å². The topological polar surface area (TPSA) is 55.4 Å². The summed E-state index contributed by atoms with van der Waals surface area (Å²) in [5.74, 6) is -0.633. The molecule has 2 unspecified atom stereocenters. The molecule has 4 nitrogen and oxygen atoms in total. The van der Waals surface area contributed by atoms with Crippen molar-refractivity contribution >= 4 is 11.9 Å². The van der Waals surface area contributed by atoms with Crippen LogP contribution in [0.4, 0.5) is 0 Å². The van der Waals surface area contributed by atoms with Gasteiger partial charge in [-0.05, 0) is 24.8 Å². The highest BCUT2D eigenvalue weighted by Crippen LogP contribution is 2.16. The van der Waals surface area contributed by atoms with Crippen LogP contribution >= 0.6 is 0 Å². The Morgan fingerprint density at radius 3 is 2.41 bits per heavy atom. The van der Waals surface area contributed by atoms with Gasteiger partial charge < -0.3 is 10.1 Å². The third-order valence-corrected chi connectivity index (χ3v) is 3.34. The monoisotopic (exact) mass is 303 g/mol. The van der Waals surface area contributed by atoms with Gasteiger partial charge in [0.05, 0.1) is 5.92 Å². The summed E-state index contributed by atoms with van der Waals surface area (Å²) in [5, 5.41) is 2.81. The van der Waals surface area contributed by atoms with Crippen molar-refractivity contribution < 1.29 is 14.3 Å². The number of rotatable bonds is 8. The first-order chi connectivity index (χ1) is 10.5. The Kier molecular flexibility index (Phi) is 7.37. The average molecular weight is 303 g/mol. The second-order valence-electron chi connectivity index (χ2n) is 5.74. The number of carbonyl (C=O) groups is 2. The lowest BCUT2D eigenvalue weighted by Crippen LogP contribution is -2.44. The Labute approximate surface area is 132 Å². The molecule has 0 aliphatic heterocycles. The Morgan fingerprint density at radius 2 is 1.86 bits per heavy atom. The highest BCUT2D eigenvalue weighted by Gasteiger charge is 2.25. The third-order valence-electron chi connectivity index (χ3n) is 3.34. The number of hydrogen-bond donors (Lipinski definition) is 1. The molecule has 22 heavy (non-hydrogen) atoms. The maximum atomic E-state index is 12.4. The molecule has 1 N–H and O–H groups in total. The number of carbonyl (C=O) groups excluding carboxylic acids is 2. The van der Waals surface area contributed by atoms with Crippen LogP contribution in [0.5, 0.6) is 0 Å². The SMILES string of the molecule is C=CCOC(=O)C(CC(C)C)NC(=O)C(C)c1ccccc1. The molecule has 1 aromatic rings. The summed E-state index contributed by atoms with van der Waals surface area (Å²) >= 11 is 0. The average Bonchev–Trinajstić information content (AvgIpc) is 2.51. The standard InChI is InChI=1S/C18H25NO3/c1-5-11-22-18(21)16(12-13(2)3)19-17(20)14(4)15-9-7-6-8-10-15/h5-10,13-14,16H,1,11-12H2,2-4H3,(H,19,20). The fourth-order valence-electron chi connectivity index (χ4n) is 2.12. The van der Waals surface area contributed by atoms with Gasteiger partial charge in [-0.2, -0.15) is 0 Å². The molecule has 1 rings (SSSR count). The summed E-state index contributed by atoms with van der Waals surface area (Å²) in [6.45, 7) is 9.49. The minimum Gasteiger partial charge on any atom is -0.460 e. The molecule has 0 spiro atoms. The smallest absolute Gasteiger partial charge is 0.328 e. The molecule has 0 aliphatic rings. The maximum absolute atomic E-state index is 12.4. The molecule has 0 saturated carbocycles. The van der Waals surface area contributed by atoms with E-state index in [-0.39, 0.29) is 24.3 Å². The molecule has 0 aromatic heterocycles. The van der Waals surface area contributed by atoms with E-state index < -0.39 is 12.0 Å². The summed E-state index contributed by atoms with van der Waals surface area (Å²) in [6, 6.07) is 8.86. The predicted molar refractivity (Wildman–Crippen MR) is 87.4 cm³/mol. The number of benzene rings is 1. The molecule has 2 atom stereocenters. The first-order valence-electron chi connectivity index (χ1n) is 7.58. The van der Waals surface area contributed by atoms with Crippen molar-refractivity contribution in [1.82, 2.24) is 5.32 Å². The van der Waals surface area contributed by atoms with Crippen molar-refractivity contribution in [1.29, 1.82) is 0 Å². The Bertz CT molecular complexity index is 496. The van der Waals surface area contributed by atoms with E-state index in [0.717, 1.165) is 5.56 Å². The van der Waals surface area contributed by atoms with Crippen molar-refractivity contribution in [3.05, 3.63) is 48.6 Å². The Hall–Kier alpha value is -2.10. The van der Waals surface area contributed by atoms with Crippen LogP contribution in [-0.2, 0) is 14.3 Å². The number of ether oxygens (including phenoxy) is 1. The second-order valence-corrected chi connectivity index (χ2v) is 5.74. The van der Waals surface area contributed by atoms with Gasteiger partial charge in [0.1, 0.15) is 12.6 Å². The fourth-order valence-corrected chi connectivity index (χ4v) is 2.12. The van der Waals surface area contributed by atoms with Crippen molar-refractivity contribution in [2.75, 3.05) is 6.61 Å². The van der Waals surface area contributed by atoms with E-state index in [2.05, 4.69) is 11.9 Å². The predicted octanol–water partition coefficient (Wildman–Crippen LogP) is 3.05. The second kappa shape index (κ2) is 9.03. The van der Waals surface area contributed by atoms with E-state index in [1.165, 1.54) is 6.08 Å². The summed E-state index contributed by atoms with van der Waals surface area (Å²) < 4.78 is 5.07. The molecule has 1 amide bonds. The van der Waals surface area contributed by atoms with Gasteiger partial charge in [0, 0.05) is 0 Å². The molecule has 0 heterocycles. The summed E-state index contributed by atoms with van der Waals surface area (Å²) in [5.41, 5.74) is 0.919. The largest absolute Gasteiger partial charge is 0.460 e. The Balaban J connectivity index is 2.73. The molecular formula is C18H25NO3. The van der Waals surface area contributed by atoms with E-state index in [1.807, 2.05) is 51.1 Å². The Morgan fingerprint density at radius 1 is 1.23 bits per heavy atom. The van der Waals surface area contributed by atoms with Gasteiger partial charge in [0.25, 0.3) is 0 Å². The van der Waals surface area contributed by atoms with E-state index in [9.17, 15) is 9.59 Å². The quantitative estimate of drug-likeness (QED) is 0.593. The van der Waals surface area contributed by atoms with Crippen molar-refractivity contribution in [2.24, 2.45) is 5.92 Å². The summed E-state index contributed by atoms with van der Waals surface area (Å²) in [7, 11) is 0. The van der Waals surface area contributed by atoms with E-state index >= 15 is 0 Å². The molecule has 0 radical (unpaired) electrons.